The quantitative estimate of drug-likeness (QED) is 0.802. The Balaban J connectivity index is 2.05. The highest BCUT2D eigenvalue weighted by Gasteiger charge is 2.13. The van der Waals surface area contributed by atoms with Gasteiger partial charge < -0.3 is 4.74 Å². The molecule has 0 aliphatic heterocycles. The van der Waals surface area contributed by atoms with Crippen LogP contribution in [0.5, 0.6) is 0 Å². The monoisotopic (exact) mass is 333 g/mol. The van der Waals surface area contributed by atoms with Gasteiger partial charge in [-0.15, -0.1) is 0 Å². The summed E-state index contributed by atoms with van der Waals surface area (Å²) in [4.78, 5) is 11.8. The SMILES string of the molecule is N#Cc1ccc(C(=O)OCc2ccc(Br)cc2)c(F)c1. The highest BCUT2D eigenvalue weighted by Crippen LogP contribution is 2.14. The van der Waals surface area contributed by atoms with Crippen LogP contribution < -0.4 is 0 Å². The van der Waals surface area contributed by atoms with Gasteiger partial charge in [-0.05, 0) is 35.9 Å². The van der Waals surface area contributed by atoms with Crippen molar-refractivity contribution in [3.8, 4) is 6.07 Å². The second-order valence-corrected chi connectivity index (χ2v) is 4.92. The minimum absolute atomic E-state index is 0.0611. The molecule has 0 saturated carbocycles. The second kappa shape index (κ2) is 6.31. The first-order valence-electron chi connectivity index (χ1n) is 5.71. The van der Waals surface area contributed by atoms with Crippen LogP contribution in [0.15, 0.2) is 46.9 Å². The van der Waals surface area contributed by atoms with E-state index in [0.717, 1.165) is 16.1 Å². The van der Waals surface area contributed by atoms with Gasteiger partial charge in [-0.1, -0.05) is 28.1 Å². The number of rotatable bonds is 3. The maximum Gasteiger partial charge on any atom is 0.341 e. The van der Waals surface area contributed by atoms with E-state index in [1.165, 1.54) is 12.1 Å². The molecular weight excluding hydrogens is 325 g/mol. The molecule has 0 spiro atoms. The van der Waals surface area contributed by atoms with Crippen molar-refractivity contribution in [1.29, 1.82) is 5.26 Å². The Morgan fingerprint density at radius 3 is 2.55 bits per heavy atom. The normalized spacial score (nSPS) is 9.85. The molecule has 2 aromatic carbocycles. The van der Waals surface area contributed by atoms with E-state index in [4.69, 9.17) is 10.00 Å². The average molecular weight is 334 g/mol. The predicted octanol–water partition coefficient (Wildman–Crippen LogP) is 3.82. The Morgan fingerprint density at radius 2 is 1.95 bits per heavy atom. The van der Waals surface area contributed by atoms with Gasteiger partial charge in [0, 0.05) is 4.47 Å². The Bertz CT molecular complexity index is 677. The van der Waals surface area contributed by atoms with Crippen LogP contribution in [0.2, 0.25) is 0 Å². The van der Waals surface area contributed by atoms with E-state index in [-0.39, 0.29) is 17.7 Å². The molecule has 0 fully saturated rings. The van der Waals surface area contributed by atoms with Crippen molar-refractivity contribution in [2.75, 3.05) is 0 Å². The third-order valence-electron chi connectivity index (χ3n) is 2.60. The van der Waals surface area contributed by atoms with Crippen molar-refractivity contribution in [2.24, 2.45) is 0 Å². The van der Waals surface area contributed by atoms with Crippen LogP contribution in [0.25, 0.3) is 0 Å². The number of esters is 1. The predicted molar refractivity (Wildman–Crippen MR) is 74.4 cm³/mol. The summed E-state index contributed by atoms with van der Waals surface area (Å²) in [5, 5.41) is 8.63. The lowest BCUT2D eigenvalue weighted by Crippen LogP contribution is -2.07. The van der Waals surface area contributed by atoms with Crippen molar-refractivity contribution in [3.63, 3.8) is 0 Å². The van der Waals surface area contributed by atoms with Gasteiger partial charge in [-0.2, -0.15) is 5.26 Å². The van der Waals surface area contributed by atoms with E-state index in [1.807, 2.05) is 12.1 Å². The van der Waals surface area contributed by atoms with Gasteiger partial charge in [-0.25, -0.2) is 9.18 Å². The molecule has 5 heteroatoms. The van der Waals surface area contributed by atoms with Crippen LogP contribution in [-0.4, -0.2) is 5.97 Å². The molecule has 3 nitrogen and oxygen atoms in total. The number of ether oxygens (including phenoxy) is 1. The van der Waals surface area contributed by atoms with Crippen LogP contribution >= 0.6 is 15.9 Å². The van der Waals surface area contributed by atoms with E-state index < -0.39 is 11.8 Å². The van der Waals surface area contributed by atoms with E-state index in [1.54, 1.807) is 18.2 Å². The molecule has 0 aliphatic carbocycles. The third kappa shape index (κ3) is 3.43. The van der Waals surface area contributed by atoms with Crippen molar-refractivity contribution < 1.29 is 13.9 Å². The number of nitrogens with zero attached hydrogens (tertiary/aromatic N) is 1. The number of benzene rings is 2. The van der Waals surface area contributed by atoms with Crippen LogP contribution in [0.4, 0.5) is 4.39 Å². The zero-order valence-electron chi connectivity index (χ0n) is 10.3. The van der Waals surface area contributed by atoms with Crippen molar-refractivity contribution >= 4 is 21.9 Å². The largest absolute Gasteiger partial charge is 0.457 e. The van der Waals surface area contributed by atoms with E-state index in [9.17, 15) is 9.18 Å². The lowest BCUT2D eigenvalue weighted by molar-refractivity contribution is 0.0467. The lowest BCUT2D eigenvalue weighted by atomic mass is 10.1. The van der Waals surface area contributed by atoms with E-state index in [0.29, 0.717) is 0 Å². The fraction of sp³-hybridized carbons (Fsp3) is 0.0667. The topological polar surface area (TPSA) is 50.1 Å². The molecule has 20 heavy (non-hydrogen) atoms. The minimum atomic E-state index is -0.759. The summed E-state index contributed by atoms with van der Waals surface area (Å²) >= 11 is 3.30. The van der Waals surface area contributed by atoms with Gasteiger partial charge in [0.15, 0.2) is 0 Å². The highest BCUT2D eigenvalue weighted by molar-refractivity contribution is 9.10. The first kappa shape index (κ1) is 14.2. The Labute approximate surface area is 123 Å². The fourth-order valence-electron chi connectivity index (χ4n) is 1.56. The first-order chi connectivity index (χ1) is 9.60. The number of hydrogen-bond acceptors (Lipinski definition) is 3. The molecule has 0 aromatic heterocycles. The maximum atomic E-state index is 13.6. The smallest absolute Gasteiger partial charge is 0.341 e. The van der Waals surface area contributed by atoms with Crippen LogP contribution in [0.3, 0.4) is 0 Å². The standard InChI is InChI=1S/C15H9BrFNO2/c16-12-4-1-10(2-5-12)9-20-15(19)13-6-3-11(8-18)7-14(13)17/h1-7H,9H2. The summed E-state index contributed by atoms with van der Waals surface area (Å²) in [6.07, 6.45) is 0. The average Bonchev–Trinajstić information content (AvgIpc) is 2.46. The third-order valence-corrected chi connectivity index (χ3v) is 3.13. The molecule has 0 saturated heterocycles. The van der Waals surface area contributed by atoms with Gasteiger partial charge >= 0.3 is 5.97 Å². The molecule has 0 N–H and O–H groups in total. The number of carbonyl (C=O) groups excluding carboxylic acids is 1. The molecule has 0 unspecified atom stereocenters. The van der Waals surface area contributed by atoms with Crippen molar-refractivity contribution in [3.05, 3.63) is 69.4 Å². The Hall–Kier alpha value is -2.19. The van der Waals surface area contributed by atoms with Crippen LogP contribution in [0, 0.1) is 17.1 Å². The van der Waals surface area contributed by atoms with Crippen LogP contribution in [0.1, 0.15) is 21.5 Å². The number of nitriles is 1. The second-order valence-electron chi connectivity index (χ2n) is 4.01. The Morgan fingerprint density at radius 1 is 1.25 bits per heavy atom. The molecule has 2 aromatic rings. The molecule has 100 valence electrons. The van der Waals surface area contributed by atoms with Gasteiger partial charge in [0.25, 0.3) is 0 Å². The van der Waals surface area contributed by atoms with Crippen molar-refractivity contribution in [1.82, 2.24) is 0 Å². The molecule has 0 heterocycles. The number of carbonyl (C=O) groups is 1. The summed E-state index contributed by atoms with van der Waals surface area (Å²) in [7, 11) is 0. The molecule has 2 rings (SSSR count). The van der Waals surface area contributed by atoms with Crippen molar-refractivity contribution in [2.45, 2.75) is 6.61 Å². The van der Waals surface area contributed by atoms with Crippen LogP contribution in [-0.2, 0) is 11.3 Å². The number of halogens is 2. The molecular formula is C15H9BrFNO2. The summed E-state index contributed by atoms with van der Waals surface area (Å²) in [6.45, 7) is 0.0611. The lowest BCUT2D eigenvalue weighted by Gasteiger charge is -2.06. The maximum absolute atomic E-state index is 13.6. The Kier molecular flexibility index (Phi) is 4.49. The molecule has 0 radical (unpaired) electrons. The van der Waals surface area contributed by atoms with Gasteiger partial charge in [0.05, 0.1) is 17.2 Å². The molecule has 0 amide bonds. The molecule has 0 atom stereocenters. The van der Waals surface area contributed by atoms with E-state index >= 15 is 0 Å². The number of hydrogen-bond donors (Lipinski definition) is 0. The molecule has 0 aliphatic rings. The zero-order chi connectivity index (χ0) is 14.5. The van der Waals surface area contributed by atoms with E-state index in [2.05, 4.69) is 15.9 Å². The summed E-state index contributed by atoms with van der Waals surface area (Å²) in [5.74, 6) is -1.51. The minimum Gasteiger partial charge on any atom is -0.457 e. The zero-order valence-corrected chi connectivity index (χ0v) is 11.9. The highest BCUT2D eigenvalue weighted by atomic mass is 79.9. The molecule has 0 bridgehead atoms. The first-order valence-corrected chi connectivity index (χ1v) is 6.50. The summed E-state index contributed by atoms with van der Waals surface area (Å²) < 4.78 is 19.6. The van der Waals surface area contributed by atoms with Gasteiger partial charge in [-0.3, -0.25) is 0 Å². The summed E-state index contributed by atoms with van der Waals surface area (Å²) in [5.41, 5.74) is 0.781. The van der Waals surface area contributed by atoms with Gasteiger partial charge in [0.1, 0.15) is 12.4 Å². The van der Waals surface area contributed by atoms with Gasteiger partial charge in [0.2, 0.25) is 0 Å². The summed E-state index contributed by atoms with van der Waals surface area (Å²) in [6, 6.07) is 12.7. The fourth-order valence-corrected chi connectivity index (χ4v) is 1.82.